The number of hydrogen-bond donors (Lipinski definition) is 2. The van der Waals surface area contributed by atoms with E-state index in [1.54, 1.807) is 13.2 Å². The van der Waals surface area contributed by atoms with E-state index in [0.29, 0.717) is 11.4 Å². The van der Waals surface area contributed by atoms with Gasteiger partial charge >= 0.3 is 0 Å². The number of hydrogen-bond acceptors (Lipinski definition) is 7. The molecule has 35 heavy (non-hydrogen) atoms. The van der Waals surface area contributed by atoms with Crippen molar-refractivity contribution >= 4 is 17.3 Å². The van der Waals surface area contributed by atoms with Crippen molar-refractivity contribution in [2.24, 2.45) is 5.10 Å². The van der Waals surface area contributed by atoms with E-state index >= 15 is 0 Å². The third-order valence-corrected chi connectivity index (χ3v) is 5.89. The van der Waals surface area contributed by atoms with Crippen molar-refractivity contribution in [3.63, 3.8) is 0 Å². The van der Waals surface area contributed by atoms with Gasteiger partial charge in [0.05, 0.1) is 5.56 Å². The minimum atomic E-state index is -0.978. The van der Waals surface area contributed by atoms with Gasteiger partial charge in [0.25, 0.3) is 0 Å². The van der Waals surface area contributed by atoms with E-state index in [2.05, 4.69) is 58.6 Å². The minimum Gasteiger partial charge on any atom is -0.383 e. The van der Waals surface area contributed by atoms with E-state index in [1.807, 2.05) is 6.07 Å². The average Bonchev–Trinajstić information content (AvgIpc) is 3.23. The molecule has 1 aromatic heterocycles. The number of nitrogens with two attached hydrogens (primary N) is 1. The van der Waals surface area contributed by atoms with E-state index in [4.69, 9.17) is 5.73 Å². The fourth-order valence-electron chi connectivity index (χ4n) is 4.24. The molecular formula is C26H31F2N7. The standard InChI is InChI=1S/C26H31F2N7/c1-4-13-34(14-5-2)17-18-9-11-19(12-10-18)20-15-21(25(29)30-16-20)26-31-32-33(3)35(26)23-8-6-7-22(27)24(23)28/h6-12,15-16,32H,4-5,13-14,17H2,1-3H3,(H2,29,30). The molecule has 7 nitrogen and oxygen atoms in total. The summed E-state index contributed by atoms with van der Waals surface area (Å²) >= 11 is 0. The first-order valence-corrected chi connectivity index (χ1v) is 11.8. The third kappa shape index (κ3) is 5.26. The SMILES string of the molecule is CCCN(CCC)Cc1ccc(-c2cnc(N)c(C3=NNN(C)N3c3cccc(F)c3F)c2)cc1. The van der Waals surface area contributed by atoms with E-state index in [-0.39, 0.29) is 11.5 Å². The molecule has 0 unspecified atom stereocenters. The van der Waals surface area contributed by atoms with Crippen LogP contribution in [0.1, 0.15) is 37.8 Å². The Labute approximate surface area is 204 Å². The topological polar surface area (TPSA) is 73.0 Å². The maximum atomic E-state index is 14.6. The van der Waals surface area contributed by atoms with Crippen molar-refractivity contribution in [2.45, 2.75) is 33.2 Å². The minimum absolute atomic E-state index is 0.00844. The van der Waals surface area contributed by atoms with Gasteiger partial charge in [-0.15, -0.1) is 10.2 Å². The quantitative estimate of drug-likeness (QED) is 0.461. The Balaban J connectivity index is 1.62. The fourth-order valence-corrected chi connectivity index (χ4v) is 4.24. The van der Waals surface area contributed by atoms with Gasteiger partial charge in [-0.25, -0.2) is 24.3 Å². The van der Waals surface area contributed by atoms with Crippen molar-refractivity contribution in [2.75, 3.05) is 30.9 Å². The zero-order chi connectivity index (χ0) is 24.9. The van der Waals surface area contributed by atoms with Gasteiger partial charge in [-0.1, -0.05) is 44.2 Å². The molecule has 0 fully saturated rings. The van der Waals surface area contributed by atoms with Gasteiger partial charge in [-0.3, -0.25) is 4.90 Å². The van der Waals surface area contributed by atoms with Crippen LogP contribution in [0.15, 0.2) is 59.8 Å². The number of nitrogens with one attached hydrogen (secondary N) is 1. The Hall–Kier alpha value is -3.56. The Bertz CT molecular complexity index is 1190. The highest BCUT2D eigenvalue weighted by Crippen LogP contribution is 2.29. The largest absolute Gasteiger partial charge is 0.383 e. The second-order valence-electron chi connectivity index (χ2n) is 8.57. The average molecular weight is 480 g/mol. The van der Waals surface area contributed by atoms with Crippen LogP contribution < -0.4 is 16.3 Å². The maximum absolute atomic E-state index is 14.6. The number of rotatable bonds is 9. The summed E-state index contributed by atoms with van der Waals surface area (Å²) in [6, 6.07) is 14.2. The molecule has 0 bridgehead atoms. The van der Waals surface area contributed by atoms with Crippen LogP contribution in [0.5, 0.6) is 0 Å². The highest BCUT2D eigenvalue weighted by atomic mass is 19.2. The molecule has 184 valence electrons. The number of nitrogens with zero attached hydrogens (tertiary/aromatic N) is 5. The van der Waals surface area contributed by atoms with Crippen molar-refractivity contribution in [3.05, 3.63) is 77.5 Å². The van der Waals surface area contributed by atoms with Crippen LogP contribution in [0.2, 0.25) is 0 Å². The van der Waals surface area contributed by atoms with Crippen molar-refractivity contribution < 1.29 is 8.78 Å². The molecule has 0 spiro atoms. The van der Waals surface area contributed by atoms with E-state index < -0.39 is 11.6 Å². The lowest BCUT2D eigenvalue weighted by molar-refractivity contribution is 0.266. The molecule has 3 N–H and O–H groups in total. The number of aromatic nitrogens is 1. The first kappa shape index (κ1) is 24.6. The molecule has 0 radical (unpaired) electrons. The number of nitrogen functional groups attached to an aromatic ring is 1. The van der Waals surface area contributed by atoms with Crippen LogP contribution in [0, 0.1) is 11.6 Å². The van der Waals surface area contributed by atoms with Gasteiger partial charge < -0.3 is 5.73 Å². The number of pyridine rings is 1. The van der Waals surface area contributed by atoms with Gasteiger partial charge in [0.1, 0.15) is 11.5 Å². The first-order valence-electron chi connectivity index (χ1n) is 11.8. The van der Waals surface area contributed by atoms with Crippen LogP contribution in [0.3, 0.4) is 0 Å². The zero-order valence-corrected chi connectivity index (χ0v) is 20.3. The lowest BCUT2D eigenvalue weighted by Crippen LogP contribution is -2.44. The molecule has 0 amide bonds. The lowest BCUT2D eigenvalue weighted by atomic mass is 10.0. The van der Waals surface area contributed by atoms with Gasteiger partial charge in [-0.05, 0) is 55.3 Å². The van der Waals surface area contributed by atoms with Crippen LogP contribution in [0.4, 0.5) is 20.3 Å². The van der Waals surface area contributed by atoms with E-state index in [9.17, 15) is 8.78 Å². The normalized spacial score (nSPS) is 13.9. The summed E-state index contributed by atoms with van der Waals surface area (Å²) in [7, 11) is 1.65. The summed E-state index contributed by atoms with van der Waals surface area (Å²) in [5, 5.41) is 7.17. The zero-order valence-electron chi connectivity index (χ0n) is 20.3. The highest BCUT2D eigenvalue weighted by molar-refractivity contribution is 6.13. The maximum Gasteiger partial charge on any atom is 0.184 e. The molecule has 9 heteroatoms. The highest BCUT2D eigenvalue weighted by Gasteiger charge is 2.30. The summed E-state index contributed by atoms with van der Waals surface area (Å²) in [4.78, 5) is 6.82. The number of hydrazone groups is 1. The van der Waals surface area contributed by atoms with Gasteiger partial charge in [-0.2, -0.15) is 0 Å². The molecular weight excluding hydrogens is 448 g/mol. The second-order valence-corrected chi connectivity index (χ2v) is 8.57. The second kappa shape index (κ2) is 10.8. The van der Waals surface area contributed by atoms with Crippen molar-refractivity contribution in [3.8, 4) is 11.1 Å². The van der Waals surface area contributed by atoms with Gasteiger partial charge in [0.15, 0.2) is 17.5 Å². The predicted octanol–water partition coefficient (Wildman–Crippen LogP) is 4.76. The molecule has 1 aliphatic heterocycles. The van der Waals surface area contributed by atoms with E-state index in [0.717, 1.165) is 49.7 Å². The number of amidine groups is 1. The smallest absolute Gasteiger partial charge is 0.184 e. The number of hydrazine groups is 2. The van der Waals surface area contributed by atoms with Crippen molar-refractivity contribution in [1.29, 1.82) is 0 Å². The number of halogens is 2. The first-order chi connectivity index (χ1) is 16.9. The summed E-state index contributed by atoms with van der Waals surface area (Å²) in [6.45, 7) is 7.46. The molecule has 4 rings (SSSR count). The Morgan fingerprint density at radius 1 is 1.00 bits per heavy atom. The molecule has 1 aliphatic rings. The summed E-state index contributed by atoms with van der Waals surface area (Å²) < 4.78 is 28.5. The molecule has 0 aliphatic carbocycles. The van der Waals surface area contributed by atoms with Gasteiger partial charge in [0, 0.05) is 25.4 Å². The van der Waals surface area contributed by atoms with Crippen LogP contribution in [-0.2, 0) is 6.54 Å². The molecule has 0 saturated carbocycles. The fraction of sp³-hybridized carbons (Fsp3) is 0.308. The molecule has 2 heterocycles. The van der Waals surface area contributed by atoms with Crippen LogP contribution in [0.25, 0.3) is 11.1 Å². The number of benzene rings is 2. The van der Waals surface area contributed by atoms with Crippen LogP contribution in [-0.4, -0.2) is 41.0 Å². The van der Waals surface area contributed by atoms with Crippen molar-refractivity contribution in [1.82, 2.24) is 20.5 Å². The Kier molecular flexibility index (Phi) is 7.57. The summed E-state index contributed by atoms with van der Waals surface area (Å²) in [5.41, 5.74) is 12.5. The lowest BCUT2D eigenvalue weighted by Gasteiger charge is -2.26. The summed E-state index contributed by atoms with van der Waals surface area (Å²) in [6.07, 6.45) is 3.96. The number of anilines is 2. The molecule has 2 aromatic carbocycles. The monoisotopic (exact) mass is 479 g/mol. The van der Waals surface area contributed by atoms with Crippen LogP contribution >= 0.6 is 0 Å². The van der Waals surface area contributed by atoms with E-state index in [1.165, 1.54) is 27.8 Å². The summed E-state index contributed by atoms with van der Waals surface area (Å²) in [5.74, 6) is -1.37. The third-order valence-electron chi connectivity index (χ3n) is 5.89. The van der Waals surface area contributed by atoms with Gasteiger partial charge in [0.2, 0.25) is 0 Å². The Morgan fingerprint density at radius 3 is 2.40 bits per heavy atom. The molecule has 3 aromatic rings. The predicted molar refractivity (Wildman–Crippen MR) is 136 cm³/mol. The molecule has 0 saturated heterocycles. The Morgan fingerprint density at radius 2 is 1.71 bits per heavy atom. The molecule has 0 atom stereocenters.